The Kier molecular flexibility index (Phi) is 5.87. The molecule has 2 rings (SSSR count). The Morgan fingerprint density at radius 2 is 1.48 bits per heavy atom. The van der Waals surface area contributed by atoms with Crippen LogP contribution in [-0.2, 0) is 14.3 Å². The van der Waals surface area contributed by atoms with E-state index in [9.17, 15) is 19.2 Å². The summed E-state index contributed by atoms with van der Waals surface area (Å²) in [5, 5.41) is 2.94. The second-order valence-electron chi connectivity index (χ2n) is 7.29. The fourth-order valence-electron chi connectivity index (χ4n) is 2.51. The molecule has 1 aromatic carbocycles. The van der Waals surface area contributed by atoms with Gasteiger partial charge in [-0.1, -0.05) is 23.2 Å². The average Bonchev–Trinajstić information content (AvgIpc) is 2.76. The van der Waals surface area contributed by atoms with Crippen LogP contribution in [-0.4, -0.2) is 46.3 Å². The number of benzene rings is 1. The standard InChI is InChI=1S/C18H20Cl2N2O5/c1-8(17(26)27-9(2)14(23)21-18(3,4)5)22-15(24)10-6-12(19)13(20)7-11(10)16(22)25/h6-9H,1-5H3,(H,21,23)/t8-,9-/m0/s1. The lowest BCUT2D eigenvalue weighted by Crippen LogP contribution is -2.49. The van der Waals surface area contributed by atoms with Gasteiger partial charge in [0.25, 0.3) is 17.7 Å². The summed E-state index contributed by atoms with van der Waals surface area (Å²) >= 11 is 11.8. The quantitative estimate of drug-likeness (QED) is 0.603. The van der Waals surface area contributed by atoms with Crippen molar-refractivity contribution in [2.75, 3.05) is 0 Å². The minimum Gasteiger partial charge on any atom is -0.451 e. The molecule has 9 heteroatoms. The second-order valence-corrected chi connectivity index (χ2v) is 8.10. The molecule has 1 aromatic rings. The molecule has 1 aliphatic heterocycles. The van der Waals surface area contributed by atoms with Crippen LogP contribution in [0, 0.1) is 0 Å². The third kappa shape index (κ3) is 4.42. The molecular weight excluding hydrogens is 395 g/mol. The summed E-state index contributed by atoms with van der Waals surface area (Å²) in [4.78, 5) is 50.3. The lowest BCUT2D eigenvalue weighted by atomic mass is 10.1. The van der Waals surface area contributed by atoms with Crippen LogP contribution in [0.4, 0.5) is 0 Å². The highest BCUT2D eigenvalue weighted by atomic mass is 35.5. The highest BCUT2D eigenvalue weighted by Crippen LogP contribution is 2.32. The molecule has 1 aliphatic rings. The Labute approximate surface area is 166 Å². The van der Waals surface area contributed by atoms with Gasteiger partial charge in [-0.15, -0.1) is 0 Å². The predicted molar refractivity (Wildman–Crippen MR) is 99.9 cm³/mol. The summed E-state index contributed by atoms with van der Waals surface area (Å²) in [6, 6.07) is 1.35. The highest BCUT2D eigenvalue weighted by molar-refractivity contribution is 6.43. The van der Waals surface area contributed by atoms with Crippen LogP contribution in [0.25, 0.3) is 0 Å². The normalized spacial score (nSPS) is 16.0. The van der Waals surface area contributed by atoms with E-state index in [1.54, 1.807) is 20.8 Å². The van der Waals surface area contributed by atoms with Crippen LogP contribution in [0.5, 0.6) is 0 Å². The summed E-state index contributed by atoms with van der Waals surface area (Å²) < 4.78 is 5.13. The summed E-state index contributed by atoms with van der Waals surface area (Å²) in [6.45, 7) is 8.13. The maximum Gasteiger partial charge on any atom is 0.329 e. The van der Waals surface area contributed by atoms with Gasteiger partial charge in [-0.25, -0.2) is 4.79 Å². The number of hydrogen-bond donors (Lipinski definition) is 1. The molecule has 1 heterocycles. The lowest BCUT2D eigenvalue weighted by Gasteiger charge is -2.25. The van der Waals surface area contributed by atoms with E-state index in [1.165, 1.54) is 26.0 Å². The number of rotatable bonds is 4. The van der Waals surface area contributed by atoms with Crippen LogP contribution in [0.1, 0.15) is 55.3 Å². The Hall–Kier alpha value is -2.12. The van der Waals surface area contributed by atoms with Crippen molar-refractivity contribution in [1.82, 2.24) is 10.2 Å². The van der Waals surface area contributed by atoms with Crippen molar-refractivity contribution in [2.45, 2.75) is 52.3 Å². The van der Waals surface area contributed by atoms with E-state index in [2.05, 4.69) is 5.32 Å². The molecule has 0 fully saturated rings. The zero-order valence-corrected chi connectivity index (χ0v) is 17.1. The Morgan fingerprint density at radius 1 is 1.04 bits per heavy atom. The van der Waals surface area contributed by atoms with Crippen molar-refractivity contribution >= 4 is 46.9 Å². The van der Waals surface area contributed by atoms with Crippen LogP contribution < -0.4 is 5.32 Å². The second kappa shape index (κ2) is 7.48. The molecule has 7 nitrogen and oxygen atoms in total. The van der Waals surface area contributed by atoms with Gasteiger partial charge in [-0.3, -0.25) is 19.3 Å². The number of halogens is 2. The first-order valence-electron chi connectivity index (χ1n) is 8.23. The first kappa shape index (κ1) is 21.2. The van der Waals surface area contributed by atoms with Crippen LogP contribution in [0.15, 0.2) is 12.1 Å². The van der Waals surface area contributed by atoms with Gasteiger partial charge in [0.1, 0.15) is 6.04 Å². The number of carbonyl (C=O) groups is 4. The van der Waals surface area contributed by atoms with E-state index in [-0.39, 0.29) is 21.2 Å². The van der Waals surface area contributed by atoms with E-state index in [1.807, 2.05) is 0 Å². The Morgan fingerprint density at radius 3 is 1.89 bits per heavy atom. The number of nitrogens with one attached hydrogen (secondary N) is 1. The fraction of sp³-hybridized carbons (Fsp3) is 0.444. The monoisotopic (exact) mass is 414 g/mol. The van der Waals surface area contributed by atoms with E-state index >= 15 is 0 Å². The smallest absolute Gasteiger partial charge is 0.329 e. The number of imide groups is 1. The molecule has 0 unspecified atom stereocenters. The van der Waals surface area contributed by atoms with Crippen LogP contribution >= 0.6 is 23.2 Å². The fourth-order valence-corrected chi connectivity index (χ4v) is 2.83. The van der Waals surface area contributed by atoms with Crippen molar-refractivity contribution < 1.29 is 23.9 Å². The van der Waals surface area contributed by atoms with Crippen LogP contribution in [0.2, 0.25) is 10.0 Å². The topological polar surface area (TPSA) is 92.8 Å². The van der Waals surface area contributed by atoms with Gasteiger partial charge < -0.3 is 10.1 Å². The maximum atomic E-state index is 12.5. The van der Waals surface area contributed by atoms with E-state index in [0.29, 0.717) is 0 Å². The third-order valence-electron chi connectivity index (χ3n) is 3.85. The molecule has 0 saturated carbocycles. The number of ether oxygens (including phenoxy) is 1. The number of amides is 3. The van der Waals surface area contributed by atoms with Gasteiger partial charge in [0.15, 0.2) is 6.10 Å². The van der Waals surface area contributed by atoms with Gasteiger partial charge >= 0.3 is 5.97 Å². The van der Waals surface area contributed by atoms with Gasteiger partial charge in [0.05, 0.1) is 21.2 Å². The summed E-state index contributed by atoms with van der Waals surface area (Å²) in [5.74, 6) is -2.71. The van der Waals surface area contributed by atoms with Crippen LogP contribution in [0.3, 0.4) is 0 Å². The number of fused-ring (bicyclic) bond motifs is 1. The molecule has 3 amide bonds. The lowest BCUT2D eigenvalue weighted by molar-refractivity contribution is -0.158. The molecule has 0 spiro atoms. The molecule has 0 bridgehead atoms. The average molecular weight is 415 g/mol. The van der Waals surface area contributed by atoms with Crippen molar-refractivity contribution in [3.63, 3.8) is 0 Å². The SMILES string of the molecule is C[C@H](OC(=O)[C@H](C)N1C(=O)c2cc(Cl)c(Cl)cc2C1=O)C(=O)NC(C)(C)C. The van der Waals surface area contributed by atoms with E-state index in [4.69, 9.17) is 27.9 Å². The summed E-state index contributed by atoms with van der Waals surface area (Å²) in [7, 11) is 0. The molecule has 0 aromatic heterocycles. The van der Waals surface area contributed by atoms with E-state index in [0.717, 1.165) is 4.90 Å². The summed E-state index contributed by atoms with van der Waals surface area (Å²) in [6.07, 6.45) is -1.08. The number of carbonyl (C=O) groups excluding carboxylic acids is 4. The van der Waals surface area contributed by atoms with E-state index < -0.39 is 41.4 Å². The van der Waals surface area contributed by atoms with Crippen molar-refractivity contribution in [2.24, 2.45) is 0 Å². The molecular formula is C18H20Cl2N2O5. The summed E-state index contributed by atoms with van der Waals surface area (Å²) in [5.41, 5.74) is -0.370. The Bertz CT molecular complexity index is 791. The first-order chi connectivity index (χ1) is 12.3. The largest absolute Gasteiger partial charge is 0.451 e. The molecule has 27 heavy (non-hydrogen) atoms. The van der Waals surface area contributed by atoms with Crippen molar-refractivity contribution in [3.05, 3.63) is 33.3 Å². The molecule has 2 atom stereocenters. The molecule has 0 saturated heterocycles. The zero-order valence-electron chi connectivity index (χ0n) is 15.6. The number of nitrogens with zero attached hydrogens (tertiary/aromatic N) is 1. The maximum absolute atomic E-state index is 12.5. The molecule has 146 valence electrons. The molecule has 0 aliphatic carbocycles. The number of esters is 1. The van der Waals surface area contributed by atoms with Gasteiger partial charge in [0.2, 0.25) is 0 Å². The number of hydrogen-bond acceptors (Lipinski definition) is 5. The van der Waals surface area contributed by atoms with Gasteiger partial charge in [0, 0.05) is 5.54 Å². The van der Waals surface area contributed by atoms with Crippen molar-refractivity contribution in [3.8, 4) is 0 Å². The highest BCUT2D eigenvalue weighted by Gasteiger charge is 2.42. The van der Waals surface area contributed by atoms with Gasteiger partial charge in [-0.05, 0) is 46.8 Å². The molecule has 1 N–H and O–H groups in total. The predicted octanol–water partition coefficient (Wildman–Crippen LogP) is 2.82. The van der Waals surface area contributed by atoms with Gasteiger partial charge in [-0.2, -0.15) is 0 Å². The molecule has 0 radical (unpaired) electrons. The zero-order chi connectivity index (χ0) is 20.7. The van der Waals surface area contributed by atoms with Crippen molar-refractivity contribution in [1.29, 1.82) is 0 Å². The minimum atomic E-state index is -1.22. The minimum absolute atomic E-state index is 0.0626. The first-order valence-corrected chi connectivity index (χ1v) is 8.98. The third-order valence-corrected chi connectivity index (χ3v) is 4.57. The Balaban J connectivity index is 2.15.